The van der Waals surface area contributed by atoms with Gasteiger partial charge in [-0.05, 0) is 12.5 Å². The molecule has 2 unspecified atom stereocenters. The van der Waals surface area contributed by atoms with E-state index in [0.717, 1.165) is 0 Å². The van der Waals surface area contributed by atoms with Crippen LogP contribution in [0.25, 0.3) is 0 Å². The SMILES string of the molecule is O=C(O)C1=CC(=O)C(C(=O)O)CC1O. The van der Waals surface area contributed by atoms with Crippen LogP contribution in [0.1, 0.15) is 6.42 Å². The third-order valence-electron chi connectivity index (χ3n) is 2.00. The van der Waals surface area contributed by atoms with Crippen LogP contribution in [0.3, 0.4) is 0 Å². The molecule has 6 nitrogen and oxygen atoms in total. The van der Waals surface area contributed by atoms with Crippen LogP contribution in [0.5, 0.6) is 0 Å². The van der Waals surface area contributed by atoms with Crippen molar-refractivity contribution in [2.45, 2.75) is 12.5 Å². The Morgan fingerprint density at radius 3 is 2.36 bits per heavy atom. The summed E-state index contributed by atoms with van der Waals surface area (Å²) in [6, 6.07) is 0. The van der Waals surface area contributed by atoms with Crippen molar-refractivity contribution in [3.05, 3.63) is 11.6 Å². The van der Waals surface area contributed by atoms with E-state index in [9.17, 15) is 19.5 Å². The standard InChI is InChI=1S/C8H8O6/c9-5-1-3(7(11)12)6(10)2-4(5)8(13)14/h1,4,6,10H,2H2,(H,11,12)(H,13,14). The van der Waals surface area contributed by atoms with E-state index in [1.165, 1.54) is 0 Å². The van der Waals surface area contributed by atoms with Gasteiger partial charge in [-0.1, -0.05) is 0 Å². The van der Waals surface area contributed by atoms with Crippen molar-refractivity contribution < 1.29 is 29.7 Å². The minimum absolute atomic E-state index is 0.383. The Morgan fingerprint density at radius 1 is 1.36 bits per heavy atom. The van der Waals surface area contributed by atoms with Gasteiger partial charge in [0.05, 0.1) is 11.7 Å². The van der Waals surface area contributed by atoms with Gasteiger partial charge in [-0.2, -0.15) is 0 Å². The molecule has 1 aliphatic rings. The van der Waals surface area contributed by atoms with Crippen molar-refractivity contribution >= 4 is 17.7 Å². The maximum atomic E-state index is 11.1. The number of hydrogen-bond acceptors (Lipinski definition) is 4. The summed E-state index contributed by atoms with van der Waals surface area (Å²) in [5.41, 5.74) is -0.451. The summed E-state index contributed by atoms with van der Waals surface area (Å²) in [4.78, 5) is 32.0. The highest BCUT2D eigenvalue weighted by Crippen LogP contribution is 2.21. The van der Waals surface area contributed by atoms with E-state index in [4.69, 9.17) is 10.2 Å². The predicted molar refractivity (Wildman–Crippen MR) is 42.5 cm³/mol. The van der Waals surface area contributed by atoms with Crippen LogP contribution < -0.4 is 0 Å². The van der Waals surface area contributed by atoms with Gasteiger partial charge in [0.25, 0.3) is 0 Å². The second-order valence-corrected chi connectivity index (χ2v) is 2.95. The average Bonchev–Trinajstić information content (AvgIpc) is 2.07. The highest BCUT2D eigenvalue weighted by atomic mass is 16.4. The molecule has 6 heteroatoms. The second kappa shape index (κ2) is 3.59. The van der Waals surface area contributed by atoms with Gasteiger partial charge >= 0.3 is 11.9 Å². The first-order valence-electron chi connectivity index (χ1n) is 3.83. The third-order valence-corrected chi connectivity index (χ3v) is 2.00. The molecule has 1 aliphatic carbocycles. The third kappa shape index (κ3) is 1.80. The Labute approximate surface area is 78.5 Å². The minimum atomic E-state index is -1.41. The van der Waals surface area contributed by atoms with Crippen molar-refractivity contribution in [2.24, 2.45) is 5.92 Å². The summed E-state index contributed by atoms with van der Waals surface area (Å²) in [5, 5.41) is 26.3. The number of allylic oxidation sites excluding steroid dienone is 1. The number of carbonyl (C=O) groups is 3. The topological polar surface area (TPSA) is 112 Å². The summed E-state index contributed by atoms with van der Waals surface area (Å²) in [6.07, 6.45) is -1.10. The Bertz CT molecular complexity index is 329. The first-order chi connectivity index (χ1) is 6.43. The number of aliphatic carboxylic acids is 2. The van der Waals surface area contributed by atoms with Crippen LogP contribution in [-0.2, 0) is 14.4 Å². The summed E-state index contributed by atoms with van der Waals surface area (Å²) < 4.78 is 0. The van der Waals surface area contributed by atoms with Gasteiger partial charge in [-0.15, -0.1) is 0 Å². The Balaban J connectivity index is 2.98. The Kier molecular flexibility index (Phi) is 2.66. The molecule has 1 rings (SSSR count). The number of aliphatic hydroxyl groups is 1. The van der Waals surface area contributed by atoms with Crippen LogP contribution in [-0.4, -0.2) is 39.1 Å². The van der Waals surface area contributed by atoms with Gasteiger partial charge in [0.2, 0.25) is 0 Å². The molecule has 76 valence electrons. The molecule has 0 aliphatic heterocycles. The summed E-state index contributed by atoms with van der Waals surface area (Å²) in [6.45, 7) is 0. The molecule has 0 aromatic heterocycles. The number of carbonyl (C=O) groups excluding carboxylic acids is 1. The van der Waals surface area contributed by atoms with Crippen molar-refractivity contribution in [1.29, 1.82) is 0 Å². The van der Waals surface area contributed by atoms with E-state index in [1.54, 1.807) is 0 Å². The molecule has 0 amide bonds. The van der Waals surface area contributed by atoms with E-state index < -0.39 is 35.3 Å². The molecule has 0 spiro atoms. The highest BCUT2D eigenvalue weighted by Gasteiger charge is 2.35. The Morgan fingerprint density at radius 2 is 1.93 bits per heavy atom. The lowest BCUT2D eigenvalue weighted by molar-refractivity contribution is -0.147. The summed E-state index contributed by atoms with van der Waals surface area (Å²) in [5.74, 6) is -4.89. The van der Waals surface area contributed by atoms with Crippen molar-refractivity contribution in [1.82, 2.24) is 0 Å². The highest BCUT2D eigenvalue weighted by molar-refractivity contribution is 6.09. The Hall–Kier alpha value is -1.69. The zero-order valence-corrected chi connectivity index (χ0v) is 7.01. The first-order valence-corrected chi connectivity index (χ1v) is 3.83. The zero-order chi connectivity index (χ0) is 10.9. The van der Waals surface area contributed by atoms with Gasteiger partial charge in [0, 0.05) is 0 Å². The van der Waals surface area contributed by atoms with Gasteiger partial charge in [-0.3, -0.25) is 9.59 Å². The summed E-state index contributed by atoms with van der Waals surface area (Å²) in [7, 11) is 0. The van der Waals surface area contributed by atoms with Crippen LogP contribution in [0.2, 0.25) is 0 Å². The molecule has 0 saturated heterocycles. The number of carboxylic acids is 2. The normalized spacial score (nSPS) is 26.9. The molecule has 0 bridgehead atoms. The number of carboxylic acid groups (broad SMARTS) is 2. The quantitative estimate of drug-likeness (QED) is 0.494. The monoisotopic (exact) mass is 200 g/mol. The lowest BCUT2D eigenvalue weighted by Crippen LogP contribution is -2.34. The maximum absolute atomic E-state index is 11.1. The predicted octanol–water partition coefficient (Wildman–Crippen LogP) is -0.968. The molecule has 0 radical (unpaired) electrons. The van der Waals surface area contributed by atoms with Gasteiger partial charge in [-0.25, -0.2) is 4.79 Å². The number of hydrogen-bond donors (Lipinski definition) is 3. The molecule has 0 heterocycles. The molecule has 14 heavy (non-hydrogen) atoms. The fraction of sp³-hybridized carbons (Fsp3) is 0.375. The minimum Gasteiger partial charge on any atom is -0.481 e. The van der Waals surface area contributed by atoms with Crippen LogP contribution in [0, 0.1) is 5.92 Å². The molecule has 3 N–H and O–H groups in total. The molecular weight excluding hydrogens is 192 g/mol. The van der Waals surface area contributed by atoms with Crippen molar-refractivity contribution in [2.75, 3.05) is 0 Å². The smallest absolute Gasteiger partial charge is 0.334 e. The van der Waals surface area contributed by atoms with E-state index in [1.807, 2.05) is 0 Å². The molecular formula is C8H8O6. The van der Waals surface area contributed by atoms with Gasteiger partial charge in [0.1, 0.15) is 5.92 Å². The van der Waals surface area contributed by atoms with Crippen LogP contribution >= 0.6 is 0 Å². The summed E-state index contributed by atoms with van der Waals surface area (Å²) >= 11 is 0. The van der Waals surface area contributed by atoms with Crippen LogP contribution in [0.15, 0.2) is 11.6 Å². The fourth-order valence-corrected chi connectivity index (χ4v) is 1.24. The van der Waals surface area contributed by atoms with E-state index in [-0.39, 0.29) is 6.42 Å². The fourth-order valence-electron chi connectivity index (χ4n) is 1.24. The lowest BCUT2D eigenvalue weighted by atomic mass is 9.86. The van der Waals surface area contributed by atoms with Gasteiger partial charge < -0.3 is 15.3 Å². The van der Waals surface area contributed by atoms with Crippen molar-refractivity contribution in [3.63, 3.8) is 0 Å². The molecule has 0 aromatic carbocycles. The van der Waals surface area contributed by atoms with Gasteiger partial charge in [0.15, 0.2) is 5.78 Å². The van der Waals surface area contributed by atoms with E-state index >= 15 is 0 Å². The molecule has 0 fully saturated rings. The number of ketones is 1. The average molecular weight is 200 g/mol. The van der Waals surface area contributed by atoms with E-state index in [0.29, 0.717) is 6.08 Å². The molecule has 0 saturated carbocycles. The zero-order valence-electron chi connectivity index (χ0n) is 7.01. The largest absolute Gasteiger partial charge is 0.481 e. The van der Waals surface area contributed by atoms with Crippen LogP contribution in [0.4, 0.5) is 0 Å². The maximum Gasteiger partial charge on any atom is 0.334 e. The molecule has 0 aromatic rings. The van der Waals surface area contributed by atoms with Crippen molar-refractivity contribution in [3.8, 4) is 0 Å². The second-order valence-electron chi connectivity index (χ2n) is 2.95. The number of aliphatic hydroxyl groups excluding tert-OH is 1. The van der Waals surface area contributed by atoms with E-state index in [2.05, 4.69) is 0 Å². The molecule has 2 atom stereocenters. The lowest BCUT2D eigenvalue weighted by Gasteiger charge is -2.20. The number of rotatable bonds is 2. The first kappa shape index (κ1) is 10.4.